The Labute approximate surface area is 118 Å². The van der Waals surface area contributed by atoms with Crippen LogP contribution in [0.5, 0.6) is 0 Å². The molecule has 6 nitrogen and oxygen atoms in total. The third-order valence-electron chi connectivity index (χ3n) is 2.89. The molecule has 0 aliphatic rings. The molecule has 0 spiro atoms. The van der Waals surface area contributed by atoms with Crippen molar-refractivity contribution in [2.75, 3.05) is 32.6 Å². The van der Waals surface area contributed by atoms with E-state index in [0.717, 1.165) is 6.26 Å². The van der Waals surface area contributed by atoms with Gasteiger partial charge in [-0.2, -0.15) is 0 Å². The fraction of sp³-hybridized carbons (Fsp3) is 0.462. The Kier molecular flexibility index (Phi) is 5.67. The highest BCUT2D eigenvalue weighted by atomic mass is 32.2. The number of rotatable bonds is 6. The molecule has 20 heavy (non-hydrogen) atoms. The van der Waals surface area contributed by atoms with Crippen LogP contribution < -0.4 is 0 Å². The fourth-order valence-corrected chi connectivity index (χ4v) is 2.44. The van der Waals surface area contributed by atoms with Crippen LogP contribution in [-0.4, -0.2) is 62.0 Å². The molecular weight excluding hydrogens is 282 g/mol. The summed E-state index contributed by atoms with van der Waals surface area (Å²) in [4.78, 5) is 13.7. The van der Waals surface area contributed by atoms with Crippen LogP contribution in [-0.2, 0) is 9.84 Å². The van der Waals surface area contributed by atoms with E-state index in [-0.39, 0.29) is 36.8 Å². The fourth-order valence-electron chi connectivity index (χ4n) is 1.79. The normalized spacial score (nSPS) is 11.4. The maximum absolute atomic E-state index is 12.3. The summed E-state index contributed by atoms with van der Waals surface area (Å²) < 4.78 is 23.1. The van der Waals surface area contributed by atoms with Gasteiger partial charge in [-0.15, -0.1) is 0 Å². The summed E-state index contributed by atoms with van der Waals surface area (Å²) in [6.45, 7) is 1.42. The monoisotopic (exact) mass is 301 g/mol. The summed E-state index contributed by atoms with van der Waals surface area (Å²) in [5, 5.41) is 17.9. The SMILES string of the molecule is Cc1ccc(S(C)(=O)=O)cc1C(=O)N(CCO)CCO. The Morgan fingerprint density at radius 3 is 2.20 bits per heavy atom. The van der Waals surface area contributed by atoms with E-state index in [1.807, 2.05) is 0 Å². The van der Waals surface area contributed by atoms with Crippen molar-refractivity contribution in [3.63, 3.8) is 0 Å². The molecule has 0 saturated heterocycles. The van der Waals surface area contributed by atoms with Crippen LogP contribution in [0.1, 0.15) is 15.9 Å². The minimum atomic E-state index is -3.40. The summed E-state index contributed by atoms with van der Waals surface area (Å²) in [6.07, 6.45) is 1.07. The van der Waals surface area contributed by atoms with E-state index >= 15 is 0 Å². The van der Waals surface area contributed by atoms with Crippen LogP contribution in [0.2, 0.25) is 0 Å². The van der Waals surface area contributed by atoms with Crippen LogP contribution in [0.15, 0.2) is 23.1 Å². The van der Waals surface area contributed by atoms with Crippen molar-refractivity contribution in [1.82, 2.24) is 4.90 Å². The molecule has 0 bridgehead atoms. The molecule has 1 amide bonds. The van der Waals surface area contributed by atoms with Gasteiger partial charge in [0.1, 0.15) is 0 Å². The van der Waals surface area contributed by atoms with Gasteiger partial charge in [-0.3, -0.25) is 4.79 Å². The Morgan fingerprint density at radius 1 is 1.20 bits per heavy atom. The van der Waals surface area contributed by atoms with Gasteiger partial charge < -0.3 is 15.1 Å². The molecule has 0 aliphatic carbocycles. The van der Waals surface area contributed by atoms with E-state index in [1.165, 1.54) is 17.0 Å². The molecule has 0 fully saturated rings. The van der Waals surface area contributed by atoms with Crippen molar-refractivity contribution in [3.8, 4) is 0 Å². The first-order valence-electron chi connectivity index (χ1n) is 6.13. The maximum atomic E-state index is 12.3. The number of hydrogen-bond donors (Lipinski definition) is 2. The number of benzene rings is 1. The molecule has 0 radical (unpaired) electrons. The zero-order valence-electron chi connectivity index (χ0n) is 11.5. The smallest absolute Gasteiger partial charge is 0.254 e. The molecule has 0 heterocycles. The third kappa shape index (κ3) is 4.03. The Hall–Kier alpha value is -1.44. The van der Waals surface area contributed by atoms with Gasteiger partial charge in [0, 0.05) is 24.9 Å². The zero-order chi connectivity index (χ0) is 15.3. The topological polar surface area (TPSA) is 94.9 Å². The largest absolute Gasteiger partial charge is 0.395 e. The quantitative estimate of drug-likeness (QED) is 0.760. The molecule has 0 atom stereocenters. The first kappa shape index (κ1) is 16.6. The molecule has 0 unspecified atom stereocenters. The first-order valence-corrected chi connectivity index (χ1v) is 8.02. The molecule has 7 heteroatoms. The Balaban J connectivity index is 3.20. The molecule has 1 aromatic carbocycles. The predicted molar refractivity (Wildman–Crippen MR) is 74.4 cm³/mol. The van der Waals surface area contributed by atoms with Gasteiger partial charge in [0.25, 0.3) is 5.91 Å². The van der Waals surface area contributed by atoms with Crippen LogP contribution in [0.4, 0.5) is 0 Å². The first-order chi connectivity index (χ1) is 9.31. The molecule has 0 aromatic heterocycles. The van der Waals surface area contributed by atoms with Gasteiger partial charge in [-0.25, -0.2) is 8.42 Å². The van der Waals surface area contributed by atoms with E-state index in [2.05, 4.69) is 0 Å². The lowest BCUT2D eigenvalue weighted by Gasteiger charge is -2.21. The van der Waals surface area contributed by atoms with Crippen molar-refractivity contribution in [2.45, 2.75) is 11.8 Å². The van der Waals surface area contributed by atoms with Crippen LogP contribution in [0, 0.1) is 6.92 Å². The lowest BCUT2D eigenvalue weighted by Crippen LogP contribution is -2.36. The van der Waals surface area contributed by atoms with Crippen LogP contribution in [0.25, 0.3) is 0 Å². The van der Waals surface area contributed by atoms with Crippen molar-refractivity contribution in [1.29, 1.82) is 0 Å². The van der Waals surface area contributed by atoms with Gasteiger partial charge in [0.2, 0.25) is 0 Å². The molecule has 0 saturated carbocycles. The number of aryl methyl sites for hydroxylation is 1. The molecule has 2 N–H and O–H groups in total. The lowest BCUT2D eigenvalue weighted by atomic mass is 10.1. The summed E-state index contributed by atoms with van der Waals surface area (Å²) in [5.74, 6) is -0.406. The van der Waals surface area contributed by atoms with Crippen molar-refractivity contribution in [2.24, 2.45) is 0 Å². The van der Waals surface area contributed by atoms with Gasteiger partial charge in [-0.1, -0.05) is 6.07 Å². The van der Waals surface area contributed by atoms with Crippen molar-refractivity contribution >= 4 is 15.7 Å². The summed E-state index contributed by atoms with van der Waals surface area (Å²) in [7, 11) is -3.40. The number of aliphatic hydroxyl groups excluding tert-OH is 2. The Morgan fingerprint density at radius 2 is 1.75 bits per heavy atom. The van der Waals surface area contributed by atoms with E-state index in [4.69, 9.17) is 10.2 Å². The summed E-state index contributed by atoms with van der Waals surface area (Å²) >= 11 is 0. The minimum Gasteiger partial charge on any atom is -0.395 e. The second-order valence-electron chi connectivity index (χ2n) is 4.49. The number of amides is 1. The van der Waals surface area contributed by atoms with Crippen LogP contribution in [0.3, 0.4) is 0 Å². The molecule has 1 rings (SSSR count). The van der Waals surface area contributed by atoms with Crippen molar-refractivity contribution in [3.05, 3.63) is 29.3 Å². The number of hydrogen-bond acceptors (Lipinski definition) is 5. The number of aliphatic hydroxyl groups is 2. The van der Waals surface area contributed by atoms with Gasteiger partial charge in [-0.05, 0) is 24.6 Å². The average molecular weight is 301 g/mol. The predicted octanol–water partition coefficient (Wildman–Crippen LogP) is -0.175. The number of carbonyl (C=O) groups is 1. The number of sulfone groups is 1. The standard InChI is InChI=1S/C13H19NO5S/c1-10-3-4-11(20(2,18)19)9-12(10)13(17)14(5-7-15)6-8-16/h3-4,9,15-16H,5-8H2,1-2H3. The number of nitrogens with zero attached hydrogens (tertiary/aromatic N) is 1. The zero-order valence-corrected chi connectivity index (χ0v) is 12.4. The molecule has 1 aromatic rings. The van der Waals surface area contributed by atoms with E-state index < -0.39 is 15.7 Å². The number of carbonyl (C=O) groups excluding carboxylic acids is 1. The van der Waals surface area contributed by atoms with E-state index in [9.17, 15) is 13.2 Å². The van der Waals surface area contributed by atoms with Crippen LogP contribution >= 0.6 is 0 Å². The highest BCUT2D eigenvalue weighted by Gasteiger charge is 2.19. The minimum absolute atomic E-state index is 0.0689. The highest BCUT2D eigenvalue weighted by molar-refractivity contribution is 7.90. The lowest BCUT2D eigenvalue weighted by molar-refractivity contribution is 0.0684. The van der Waals surface area contributed by atoms with E-state index in [0.29, 0.717) is 5.56 Å². The molecular formula is C13H19NO5S. The summed E-state index contributed by atoms with van der Waals surface area (Å²) in [5.41, 5.74) is 0.901. The second-order valence-corrected chi connectivity index (χ2v) is 6.50. The Bertz CT molecular complexity index is 576. The maximum Gasteiger partial charge on any atom is 0.254 e. The van der Waals surface area contributed by atoms with Gasteiger partial charge >= 0.3 is 0 Å². The highest BCUT2D eigenvalue weighted by Crippen LogP contribution is 2.17. The van der Waals surface area contributed by atoms with Gasteiger partial charge in [0.15, 0.2) is 9.84 Å². The third-order valence-corrected chi connectivity index (χ3v) is 4.00. The van der Waals surface area contributed by atoms with E-state index in [1.54, 1.807) is 13.0 Å². The average Bonchev–Trinajstić information content (AvgIpc) is 2.37. The second kappa shape index (κ2) is 6.83. The van der Waals surface area contributed by atoms with Gasteiger partial charge in [0.05, 0.1) is 18.1 Å². The molecule has 112 valence electrons. The summed E-state index contributed by atoms with van der Waals surface area (Å²) in [6, 6.07) is 4.35. The molecule has 0 aliphatic heterocycles. The van der Waals surface area contributed by atoms with Crippen molar-refractivity contribution < 1.29 is 23.4 Å².